The molecule has 160 valence electrons. The van der Waals surface area contributed by atoms with E-state index in [1.54, 1.807) is 44.4 Å². The van der Waals surface area contributed by atoms with Gasteiger partial charge in [0.2, 0.25) is 0 Å². The molecule has 0 aliphatic carbocycles. The number of anilines is 1. The summed E-state index contributed by atoms with van der Waals surface area (Å²) in [7, 11) is 1.57. The van der Waals surface area contributed by atoms with Gasteiger partial charge >= 0.3 is 5.97 Å². The van der Waals surface area contributed by atoms with Crippen LogP contribution in [0.3, 0.4) is 0 Å². The molecule has 1 aromatic heterocycles. The van der Waals surface area contributed by atoms with Crippen molar-refractivity contribution in [2.45, 2.75) is 13.5 Å². The predicted octanol–water partition coefficient (Wildman–Crippen LogP) is 4.43. The zero-order valence-electron chi connectivity index (χ0n) is 17.1. The van der Waals surface area contributed by atoms with Crippen LogP contribution in [0.2, 0.25) is 0 Å². The summed E-state index contributed by atoms with van der Waals surface area (Å²) in [5.74, 6) is -0.836. The third-order valence-corrected chi connectivity index (χ3v) is 5.47. The van der Waals surface area contributed by atoms with Gasteiger partial charge in [0.1, 0.15) is 5.75 Å². The second-order valence-corrected chi connectivity index (χ2v) is 7.53. The van der Waals surface area contributed by atoms with E-state index in [0.717, 1.165) is 10.4 Å². The van der Waals surface area contributed by atoms with Gasteiger partial charge in [-0.25, -0.2) is 4.79 Å². The molecule has 0 saturated carbocycles. The minimum atomic E-state index is -1.12. The standard InChI is InChI=1S/C23H22N2O5S/c1-16(21-8-5-13-31-21)24-30-15-22(26)25(14-17-9-11-18(29-2)12-10-17)20-7-4-3-6-19(20)23(27)28/h3-13H,14-15H2,1-2H3,(H,27,28). The van der Waals surface area contributed by atoms with Crippen LogP contribution in [0.4, 0.5) is 5.69 Å². The number of methoxy groups -OCH3 is 1. The summed E-state index contributed by atoms with van der Waals surface area (Å²) in [6, 6.07) is 17.4. The van der Waals surface area contributed by atoms with Crippen LogP contribution in [0, 0.1) is 0 Å². The van der Waals surface area contributed by atoms with Gasteiger partial charge < -0.3 is 19.6 Å². The zero-order chi connectivity index (χ0) is 22.2. The number of thiophene rings is 1. The number of amides is 1. The lowest BCUT2D eigenvalue weighted by atomic mass is 10.1. The molecule has 3 aromatic rings. The molecule has 0 spiro atoms. The van der Waals surface area contributed by atoms with Crippen molar-refractivity contribution in [3.8, 4) is 5.75 Å². The van der Waals surface area contributed by atoms with E-state index < -0.39 is 11.9 Å². The number of aromatic carboxylic acids is 1. The van der Waals surface area contributed by atoms with E-state index >= 15 is 0 Å². The van der Waals surface area contributed by atoms with Gasteiger partial charge in [0, 0.05) is 0 Å². The molecule has 0 aliphatic rings. The lowest BCUT2D eigenvalue weighted by Gasteiger charge is -2.24. The van der Waals surface area contributed by atoms with Crippen molar-refractivity contribution in [1.29, 1.82) is 0 Å². The number of ether oxygens (including phenoxy) is 1. The molecule has 0 unspecified atom stereocenters. The Bertz CT molecular complexity index is 1060. The number of carboxylic acids is 1. The molecule has 3 rings (SSSR count). The zero-order valence-corrected chi connectivity index (χ0v) is 18.0. The second kappa shape index (κ2) is 10.4. The number of hydrogen-bond donors (Lipinski definition) is 1. The van der Waals surface area contributed by atoms with Crippen molar-refractivity contribution in [3.05, 3.63) is 82.0 Å². The van der Waals surface area contributed by atoms with Crippen molar-refractivity contribution >= 4 is 34.6 Å². The molecule has 0 fully saturated rings. The molecule has 2 aromatic carbocycles. The summed E-state index contributed by atoms with van der Waals surface area (Å²) in [4.78, 5) is 32.4. The lowest BCUT2D eigenvalue weighted by Crippen LogP contribution is -2.34. The molecular weight excluding hydrogens is 416 g/mol. The van der Waals surface area contributed by atoms with Crippen molar-refractivity contribution in [2.75, 3.05) is 18.6 Å². The van der Waals surface area contributed by atoms with Crippen molar-refractivity contribution < 1.29 is 24.3 Å². The topological polar surface area (TPSA) is 88.4 Å². The lowest BCUT2D eigenvalue weighted by molar-refractivity contribution is -0.123. The average molecular weight is 439 g/mol. The van der Waals surface area contributed by atoms with Crippen molar-refractivity contribution in [2.24, 2.45) is 5.16 Å². The highest BCUT2D eigenvalue weighted by Crippen LogP contribution is 2.24. The van der Waals surface area contributed by atoms with Crippen LogP contribution in [-0.2, 0) is 16.2 Å². The number of carbonyl (C=O) groups is 2. The molecule has 0 radical (unpaired) electrons. The predicted molar refractivity (Wildman–Crippen MR) is 120 cm³/mol. The first-order valence-corrected chi connectivity index (χ1v) is 10.3. The van der Waals surface area contributed by atoms with Crippen molar-refractivity contribution in [1.82, 2.24) is 0 Å². The Morgan fingerprint density at radius 1 is 1.06 bits per heavy atom. The Morgan fingerprint density at radius 3 is 2.45 bits per heavy atom. The van der Waals surface area contributed by atoms with E-state index in [2.05, 4.69) is 5.16 Å². The minimum Gasteiger partial charge on any atom is -0.497 e. The van der Waals surface area contributed by atoms with Crippen LogP contribution >= 0.6 is 11.3 Å². The van der Waals surface area contributed by atoms with Crippen molar-refractivity contribution in [3.63, 3.8) is 0 Å². The Kier molecular flexibility index (Phi) is 7.40. The van der Waals surface area contributed by atoms with Crippen LogP contribution in [0.5, 0.6) is 5.75 Å². The van der Waals surface area contributed by atoms with Crippen LogP contribution in [0.15, 0.2) is 71.2 Å². The van der Waals surface area contributed by atoms with Gasteiger partial charge in [-0.05, 0) is 48.2 Å². The van der Waals surface area contributed by atoms with E-state index in [1.807, 2.05) is 29.6 Å². The number of oxime groups is 1. The number of nitrogens with zero attached hydrogens (tertiary/aromatic N) is 2. The monoisotopic (exact) mass is 438 g/mol. The highest BCUT2D eigenvalue weighted by molar-refractivity contribution is 7.12. The fourth-order valence-corrected chi connectivity index (χ4v) is 3.57. The summed E-state index contributed by atoms with van der Waals surface area (Å²) < 4.78 is 5.17. The average Bonchev–Trinajstić information content (AvgIpc) is 3.33. The van der Waals surface area contributed by atoms with E-state index in [0.29, 0.717) is 17.1 Å². The summed E-state index contributed by atoms with van der Waals surface area (Å²) in [6.45, 7) is 1.64. The van der Waals surface area contributed by atoms with E-state index in [1.165, 1.54) is 22.3 Å². The van der Waals surface area contributed by atoms with Gasteiger partial charge in [-0.1, -0.05) is 35.5 Å². The van der Waals surface area contributed by atoms with Crippen LogP contribution in [0.1, 0.15) is 27.7 Å². The molecule has 0 saturated heterocycles. The molecule has 7 nitrogen and oxygen atoms in total. The fourth-order valence-electron chi connectivity index (χ4n) is 2.90. The number of carbonyl (C=O) groups excluding carboxylic acids is 1. The summed E-state index contributed by atoms with van der Waals surface area (Å²) in [6.07, 6.45) is 0. The number of hydrogen-bond acceptors (Lipinski definition) is 6. The highest BCUT2D eigenvalue weighted by atomic mass is 32.1. The van der Waals surface area contributed by atoms with Gasteiger partial charge in [0.15, 0.2) is 6.61 Å². The van der Waals surface area contributed by atoms with E-state index in [9.17, 15) is 14.7 Å². The molecule has 31 heavy (non-hydrogen) atoms. The first-order chi connectivity index (χ1) is 15.0. The van der Waals surface area contributed by atoms with Gasteiger partial charge in [-0.3, -0.25) is 4.79 Å². The first kappa shape index (κ1) is 22.0. The summed E-state index contributed by atoms with van der Waals surface area (Å²) in [5.41, 5.74) is 1.80. The Labute approximate surface area is 184 Å². The summed E-state index contributed by atoms with van der Waals surface area (Å²) >= 11 is 1.52. The molecule has 0 aliphatic heterocycles. The van der Waals surface area contributed by atoms with Gasteiger partial charge in [-0.2, -0.15) is 0 Å². The Balaban J connectivity index is 1.83. The van der Waals surface area contributed by atoms with Gasteiger partial charge in [-0.15, -0.1) is 11.3 Å². The fraction of sp³-hybridized carbons (Fsp3) is 0.174. The summed E-state index contributed by atoms with van der Waals surface area (Å²) in [5, 5.41) is 15.5. The van der Waals surface area contributed by atoms with Crippen LogP contribution in [-0.4, -0.2) is 36.4 Å². The smallest absolute Gasteiger partial charge is 0.337 e. The molecule has 0 atom stereocenters. The molecule has 0 bridgehead atoms. The van der Waals surface area contributed by atoms with E-state index in [4.69, 9.17) is 9.57 Å². The van der Waals surface area contributed by atoms with Gasteiger partial charge in [0.05, 0.1) is 35.5 Å². The number of para-hydroxylation sites is 1. The first-order valence-electron chi connectivity index (χ1n) is 9.45. The van der Waals surface area contributed by atoms with Crippen LogP contribution < -0.4 is 9.64 Å². The Hall–Kier alpha value is -3.65. The minimum absolute atomic E-state index is 0.0302. The molecule has 1 amide bonds. The maximum atomic E-state index is 13.0. The maximum absolute atomic E-state index is 13.0. The third kappa shape index (κ3) is 5.70. The SMILES string of the molecule is COc1ccc(CN(C(=O)CON=C(C)c2cccs2)c2ccccc2C(=O)O)cc1. The Morgan fingerprint density at radius 2 is 1.81 bits per heavy atom. The molecule has 8 heteroatoms. The van der Waals surface area contributed by atoms with Crippen LogP contribution in [0.25, 0.3) is 0 Å². The molecule has 1 heterocycles. The van der Waals surface area contributed by atoms with Gasteiger partial charge in [0.25, 0.3) is 5.91 Å². The normalized spacial score (nSPS) is 11.1. The maximum Gasteiger partial charge on any atom is 0.337 e. The number of benzene rings is 2. The third-order valence-electron chi connectivity index (χ3n) is 4.49. The quantitative estimate of drug-likeness (QED) is 0.394. The van der Waals surface area contributed by atoms with E-state index in [-0.39, 0.29) is 18.7 Å². The molecule has 1 N–H and O–H groups in total. The molecular formula is C23H22N2O5S. The highest BCUT2D eigenvalue weighted by Gasteiger charge is 2.22. The number of rotatable bonds is 9. The second-order valence-electron chi connectivity index (χ2n) is 6.58. The largest absolute Gasteiger partial charge is 0.497 e. The number of carboxylic acid groups (broad SMARTS) is 1.